The van der Waals surface area contributed by atoms with Gasteiger partial charge >= 0.3 is 0 Å². The summed E-state index contributed by atoms with van der Waals surface area (Å²) in [5.41, 5.74) is 1.79. The molecular formula is C16H15N3OS2. The molecule has 0 bridgehead atoms. The zero-order valence-corrected chi connectivity index (χ0v) is 13.5. The van der Waals surface area contributed by atoms with E-state index in [0.717, 1.165) is 36.5 Å². The van der Waals surface area contributed by atoms with E-state index in [-0.39, 0.29) is 11.8 Å². The van der Waals surface area contributed by atoms with Gasteiger partial charge in [-0.2, -0.15) is 5.26 Å². The van der Waals surface area contributed by atoms with Crippen LogP contribution in [-0.2, 0) is 17.8 Å². The summed E-state index contributed by atoms with van der Waals surface area (Å²) in [5, 5.41) is 18.5. The second-order valence-corrected chi connectivity index (χ2v) is 7.78. The highest BCUT2D eigenvalue weighted by Gasteiger charge is 2.44. The van der Waals surface area contributed by atoms with Gasteiger partial charge in [0.25, 0.3) is 0 Å². The summed E-state index contributed by atoms with van der Waals surface area (Å²) in [6.45, 7) is 1.70. The number of carbonyl (C=O) groups excluding carboxylic acids is 1. The topological polar surface area (TPSA) is 64.9 Å². The number of hydrogen-bond donors (Lipinski definition) is 2. The second-order valence-electron chi connectivity index (χ2n) is 5.70. The lowest BCUT2D eigenvalue weighted by molar-refractivity contribution is -0.117. The van der Waals surface area contributed by atoms with Gasteiger partial charge in [-0.1, -0.05) is 6.07 Å². The third-order valence-corrected chi connectivity index (χ3v) is 6.46. The van der Waals surface area contributed by atoms with Gasteiger partial charge in [0.1, 0.15) is 11.1 Å². The Labute approximate surface area is 136 Å². The number of nitrogens with zero attached hydrogens (tertiary/aromatic N) is 1. The zero-order valence-electron chi connectivity index (χ0n) is 11.9. The predicted octanol–water partition coefficient (Wildman–Crippen LogP) is 3.07. The van der Waals surface area contributed by atoms with E-state index in [9.17, 15) is 10.1 Å². The minimum Gasteiger partial charge on any atom is -0.316 e. The number of anilines is 1. The SMILES string of the molecule is N#Cc1c(NC(=O)C2CC2c2cccs2)sc2c1CCNC2. The van der Waals surface area contributed by atoms with E-state index in [1.165, 1.54) is 9.75 Å². The molecule has 1 fully saturated rings. The van der Waals surface area contributed by atoms with Gasteiger partial charge in [0.2, 0.25) is 5.91 Å². The van der Waals surface area contributed by atoms with Crippen LogP contribution in [0.2, 0.25) is 0 Å². The van der Waals surface area contributed by atoms with Crippen molar-refractivity contribution in [3.63, 3.8) is 0 Å². The predicted molar refractivity (Wildman–Crippen MR) is 88.2 cm³/mol. The molecule has 1 aliphatic heterocycles. The summed E-state index contributed by atoms with van der Waals surface area (Å²) in [6, 6.07) is 6.40. The van der Waals surface area contributed by atoms with Crippen LogP contribution in [0.3, 0.4) is 0 Å². The molecule has 3 heterocycles. The average molecular weight is 329 g/mol. The van der Waals surface area contributed by atoms with E-state index in [1.54, 1.807) is 22.7 Å². The maximum atomic E-state index is 12.4. The standard InChI is InChI=1S/C16H15N3OS2/c17-7-12-9-3-4-18-8-14(9)22-16(12)19-15(20)11-6-10(11)13-2-1-5-21-13/h1-2,5,10-11,18H,3-4,6,8H2,(H,19,20). The van der Waals surface area contributed by atoms with Gasteiger partial charge < -0.3 is 10.6 Å². The van der Waals surface area contributed by atoms with E-state index in [1.807, 2.05) is 6.07 Å². The fourth-order valence-corrected chi connectivity index (χ4v) is 5.12. The van der Waals surface area contributed by atoms with Crippen LogP contribution in [0.25, 0.3) is 0 Å². The quantitative estimate of drug-likeness (QED) is 0.909. The number of nitrogens with one attached hydrogen (secondary N) is 2. The van der Waals surface area contributed by atoms with E-state index in [2.05, 4.69) is 28.1 Å². The Morgan fingerprint density at radius 2 is 2.41 bits per heavy atom. The zero-order chi connectivity index (χ0) is 15.1. The highest BCUT2D eigenvalue weighted by atomic mass is 32.1. The summed E-state index contributed by atoms with van der Waals surface area (Å²) >= 11 is 3.26. The minimum absolute atomic E-state index is 0.0569. The molecule has 112 valence electrons. The van der Waals surface area contributed by atoms with Crippen LogP contribution >= 0.6 is 22.7 Å². The van der Waals surface area contributed by atoms with Crippen molar-refractivity contribution in [3.8, 4) is 6.07 Å². The van der Waals surface area contributed by atoms with Gasteiger partial charge in [-0.15, -0.1) is 22.7 Å². The third-order valence-electron chi connectivity index (χ3n) is 4.31. The first kappa shape index (κ1) is 13.9. The lowest BCUT2D eigenvalue weighted by Crippen LogP contribution is -2.22. The fraction of sp³-hybridized carbons (Fsp3) is 0.375. The van der Waals surface area contributed by atoms with Gasteiger partial charge in [0.05, 0.1) is 5.56 Å². The molecule has 2 aromatic heterocycles. The molecule has 4 rings (SSSR count). The Kier molecular flexibility index (Phi) is 3.49. The van der Waals surface area contributed by atoms with Gasteiger partial charge in [-0.05, 0) is 36.4 Å². The van der Waals surface area contributed by atoms with Crippen LogP contribution in [0.15, 0.2) is 17.5 Å². The molecule has 0 saturated heterocycles. The molecule has 1 amide bonds. The molecule has 1 aliphatic carbocycles. The molecule has 1 saturated carbocycles. The van der Waals surface area contributed by atoms with Crippen molar-refractivity contribution in [2.45, 2.75) is 25.3 Å². The van der Waals surface area contributed by atoms with Crippen LogP contribution in [0.1, 0.15) is 33.2 Å². The lowest BCUT2D eigenvalue weighted by Gasteiger charge is -2.11. The lowest BCUT2D eigenvalue weighted by atomic mass is 10.1. The molecule has 2 aromatic rings. The van der Waals surface area contributed by atoms with Crippen LogP contribution in [0.4, 0.5) is 5.00 Å². The van der Waals surface area contributed by atoms with Crippen molar-refractivity contribution in [2.75, 3.05) is 11.9 Å². The molecule has 0 spiro atoms. The number of nitriles is 1. The van der Waals surface area contributed by atoms with E-state index in [0.29, 0.717) is 11.5 Å². The van der Waals surface area contributed by atoms with Gasteiger partial charge in [-0.25, -0.2) is 0 Å². The number of fused-ring (bicyclic) bond motifs is 1. The molecule has 2 atom stereocenters. The van der Waals surface area contributed by atoms with E-state index < -0.39 is 0 Å². The van der Waals surface area contributed by atoms with Crippen molar-refractivity contribution in [1.82, 2.24) is 5.32 Å². The maximum Gasteiger partial charge on any atom is 0.228 e. The van der Waals surface area contributed by atoms with Crippen LogP contribution < -0.4 is 10.6 Å². The minimum atomic E-state index is 0.0569. The normalized spacial score (nSPS) is 22.7. The Hall–Kier alpha value is -1.68. The van der Waals surface area contributed by atoms with Crippen LogP contribution in [0.5, 0.6) is 0 Å². The number of hydrogen-bond acceptors (Lipinski definition) is 5. The Morgan fingerprint density at radius 3 is 3.18 bits per heavy atom. The van der Waals surface area contributed by atoms with Crippen molar-refractivity contribution < 1.29 is 4.79 Å². The molecule has 4 nitrogen and oxygen atoms in total. The Bertz CT molecular complexity index is 757. The highest BCUT2D eigenvalue weighted by Crippen LogP contribution is 2.50. The Morgan fingerprint density at radius 1 is 1.50 bits per heavy atom. The van der Waals surface area contributed by atoms with Gasteiger partial charge in [-0.3, -0.25) is 4.79 Å². The van der Waals surface area contributed by atoms with E-state index in [4.69, 9.17) is 0 Å². The van der Waals surface area contributed by atoms with Crippen LogP contribution in [-0.4, -0.2) is 12.5 Å². The summed E-state index contributed by atoms with van der Waals surface area (Å²) in [7, 11) is 0. The number of thiophene rings is 2. The molecule has 0 aromatic carbocycles. The molecule has 6 heteroatoms. The largest absolute Gasteiger partial charge is 0.316 e. The summed E-state index contributed by atoms with van der Waals surface area (Å²) in [6.07, 6.45) is 1.78. The van der Waals surface area contributed by atoms with Crippen LogP contribution in [0, 0.1) is 17.2 Å². The molecule has 2 aliphatic rings. The Balaban J connectivity index is 1.51. The van der Waals surface area contributed by atoms with Crippen molar-refractivity contribution in [1.29, 1.82) is 5.26 Å². The summed E-state index contributed by atoms with van der Waals surface area (Å²) < 4.78 is 0. The number of carbonyl (C=O) groups is 1. The van der Waals surface area contributed by atoms with Crippen molar-refractivity contribution >= 4 is 33.6 Å². The maximum absolute atomic E-state index is 12.4. The van der Waals surface area contributed by atoms with Gasteiger partial charge in [0, 0.05) is 28.1 Å². The summed E-state index contributed by atoms with van der Waals surface area (Å²) in [5.74, 6) is 0.477. The highest BCUT2D eigenvalue weighted by molar-refractivity contribution is 7.16. The van der Waals surface area contributed by atoms with Gasteiger partial charge in [0.15, 0.2) is 0 Å². The number of rotatable bonds is 3. The average Bonchev–Trinajstić information content (AvgIpc) is 3.00. The monoisotopic (exact) mass is 329 g/mol. The summed E-state index contributed by atoms with van der Waals surface area (Å²) in [4.78, 5) is 14.9. The fourth-order valence-electron chi connectivity index (χ4n) is 3.05. The molecule has 22 heavy (non-hydrogen) atoms. The second kappa shape index (κ2) is 5.51. The molecular weight excluding hydrogens is 314 g/mol. The smallest absolute Gasteiger partial charge is 0.228 e. The number of amides is 1. The molecule has 2 unspecified atom stereocenters. The molecule has 0 radical (unpaired) electrons. The first-order chi connectivity index (χ1) is 10.8. The first-order valence-corrected chi connectivity index (χ1v) is 9.07. The van der Waals surface area contributed by atoms with Crippen molar-refractivity contribution in [2.24, 2.45) is 5.92 Å². The third kappa shape index (κ3) is 2.35. The van der Waals surface area contributed by atoms with Crippen molar-refractivity contribution in [3.05, 3.63) is 38.4 Å². The molecule has 2 N–H and O–H groups in total. The first-order valence-electron chi connectivity index (χ1n) is 7.37. The van der Waals surface area contributed by atoms with E-state index >= 15 is 0 Å².